The van der Waals surface area contributed by atoms with Crippen molar-refractivity contribution in [2.45, 2.75) is 19.8 Å². The summed E-state index contributed by atoms with van der Waals surface area (Å²) in [5.74, 6) is 0.558. The number of benzene rings is 3. The van der Waals surface area contributed by atoms with Gasteiger partial charge in [-0.1, -0.05) is 62.4 Å². The molecule has 0 amide bonds. The van der Waals surface area contributed by atoms with Crippen molar-refractivity contribution in [3.05, 3.63) is 76.3 Å². The van der Waals surface area contributed by atoms with Gasteiger partial charge in [0, 0.05) is 4.47 Å². The second-order valence-electron chi connectivity index (χ2n) is 5.73. The molecule has 0 atom stereocenters. The predicted molar refractivity (Wildman–Crippen MR) is 97.1 cm³/mol. The van der Waals surface area contributed by atoms with Crippen LogP contribution >= 0.6 is 15.9 Å². The predicted octanol–water partition coefficient (Wildman–Crippen LogP) is 5.94. The average Bonchev–Trinajstić information content (AvgIpc) is 2.55. The van der Waals surface area contributed by atoms with Crippen molar-refractivity contribution in [1.29, 1.82) is 0 Å². The van der Waals surface area contributed by atoms with Crippen LogP contribution < -0.4 is 4.74 Å². The maximum Gasteiger partial charge on any atom is 0.344 e. The lowest BCUT2D eigenvalue weighted by molar-refractivity contribution is 0.0732. The van der Waals surface area contributed by atoms with E-state index >= 15 is 0 Å². The first-order chi connectivity index (χ1) is 11.1. The summed E-state index contributed by atoms with van der Waals surface area (Å²) in [5, 5.41) is 2.08. The number of hydrogen-bond acceptors (Lipinski definition) is 2. The van der Waals surface area contributed by atoms with E-state index in [4.69, 9.17) is 4.74 Å². The van der Waals surface area contributed by atoms with Gasteiger partial charge in [0.25, 0.3) is 0 Å². The molecule has 0 aliphatic heterocycles. The summed E-state index contributed by atoms with van der Waals surface area (Å²) in [4.78, 5) is 12.6. The average molecular weight is 369 g/mol. The molecule has 3 aromatic carbocycles. The summed E-state index contributed by atoms with van der Waals surface area (Å²) < 4.78 is 6.42. The molecule has 3 rings (SSSR count). The normalized spacial score (nSPS) is 11.0. The van der Waals surface area contributed by atoms with Gasteiger partial charge in [-0.3, -0.25) is 0 Å². The van der Waals surface area contributed by atoms with Crippen LogP contribution in [0.15, 0.2) is 65.1 Å². The number of carbonyl (C=O) groups excluding carboxylic acids is 1. The maximum atomic E-state index is 12.6. The van der Waals surface area contributed by atoms with E-state index < -0.39 is 0 Å². The number of esters is 1. The largest absolute Gasteiger partial charge is 0.423 e. The highest BCUT2D eigenvalue weighted by atomic mass is 79.9. The van der Waals surface area contributed by atoms with E-state index in [2.05, 4.69) is 29.8 Å². The van der Waals surface area contributed by atoms with E-state index in [0.717, 1.165) is 20.8 Å². The molecule has 0 saturated carbocycles. The van der Waals surface area contributed by atoms with Crippen LogP contribution in [0.25, 0.3) is 10.8 Å². The van der Waals surface area contributed by atoms with Crippen molar-refractivity contribution in [3.63, 3.8) is 0 Å². The molecule has 23 heavy (non-hydrogen) atoms. The van der Waals surface area contributed by atoms with E-state index in [-0.39, 0.29) is 5.97 Å². The second-order valence-corrected chi connectivity index (χ2v) is 6.52. The molecule has 0 spiro atoms. The van der Waals surface area contributed by atoms with Gasteiger partial charge < -0.3 is 4.74 Å². The molecule has 0 saturated heterocycles. The minimum absolute atomic E-state index is 0.291. The number of ether oxygens (including phenoxy) is 1. The number of fused-ring (bicyclic) bond motifs is 1. The molecular weight excluding hydrogens is 352 g/mol. The molecule has 2 nitrogen and oxygen atoms in total. The van der Waals surface area contributed by atoms with Crippen LogP contribution in [-0.2, 0) is 0 Å². The lowest BCUT2D eigenvalue weighted by atomic mass is 10.0. The van der Waals surface area contributed by atoms with Gasteiger partial charge in [0.1, 0.15) is 5.75 Å². The number of para-hydroxylation sites is 1. The molecule has 0 radical (unpaired) electrons. The summed E-state index contributed by atoms with van der Waals surface area (Å²) in [6, 6.07) is 19.3. The minimum atomic E-state index is -0.351. The topological polar surface area (TPSA) is 26.3 Å². The Kier molecular flexibility index (Phi) is 4.49. The molecule has 0 fully saturated rings. The van der Waals surface area contributed by atoms with E-state index in [1.165, 1.54) is 0 Å². The fraction of sp³-hybridized carbons (Fsp3) is 0.150. The Balaban J connectivity index is 1.97. The van der Waals surface area contributed by atoms with Crippen LogP contribution in [-0.4, -0.2) is 5.97 Å². The van der Waals surface area contributed by atoms with Crippen LogP contribution in [0.3, 0.4) is 0 Å². The summed E-state index contributed by atoms with van der Waals surface area (Å²) in [6.45, 7) is 4.16. The molecule has 0 unspecified atom stereocenters. The molecular formula is C20H17BrO2. The number of hydrogen-bond donors (Lipinski definition) is 0. The highest BCUT2D eigenvalue weighted by molar-refractivity contribution is 9.10. The van der Waals surface area contributed by atoms with Crippen LogP contribution in [0.5, 0.6) is 5.75 Å². The summed E-state index contributed by atoms with van der Waals surface area (Å²) in [5.41, 5.74) is 1.56. The molecule has 0 N–H and O–H groups in total. The summed E-state index contributed by atoms with van der Waals surface area (Å²) in [6.07, 6.45) is 0. The molecule has 0 aliphatic rings. The first-order valence-electron chi connectivity index (χ1n) is 7.56. The Morgan fingerprint density at radius 3 is 2.43 bits per heavy atom. The number of rotatable bonds is 3. The Morgan fingerprint density at radius 1 is 0.957 bits per heavy atom. The smallest absolute Gasteiger partial charge is 0.344 e. The van der Waals surface area contributed by atoms with Gasteiger partial charge >= 0.3 is 5.97 Å². The Bertz CT molecular complexity index is 868. The number of halogens is 1. The summed E-state index contributed by atoms with van der Waals surface area (Å²) in [7, 11) is 0. The Hall–Kier alpha value is -2.13. The van der Waals surface area contributed by atoms with Crippen molar-refractivity contribution in [3.8, 4) is 5.75 Å². The summed E-state index contributed by atoms with van der Waals surface area (Å²) >= 11 is 3.54. The van der Waals surface area contributed by atoms with Crippen molar-refractivity contribution in [2.75, 3.05) is 0 Å². The van der Waals surface area contributed by atoms with Crippen LogP contribution in [0.2, 0.25) is 0 Å². The molecule has 3 heteroatoms. The molecule has 0 aromatic heterocycles. The highest BCUT2D eigenvalue weighted by Crippen LogP contribution is 2.30. The third-order valence-corrected chi connectivity index (χ3v) is 4.68. The third kappa shape index (κ3) is 3.15. The van der Waals surface area contributed by atoms with Gasteiger partial charge in [0.05, 0.1) is 5.56 Å². The number of carbonyl (C=O) groups is 1. The van der Waals surface area contributed by atoms with Crippen molar-refractivity contribution in [1.82, 2.24) is 0 Å². The fourth-order valence-electron chi connectivity index (χ4n) is 2.60. The zero-order valence-electron chi connectivity index (χ0n) is 13.0. The quantitative estimate of drug-likeness (QED) is 0.422. The van der Waals surface area contributed by atoms with Gasteiger partial charge in [0.2, 0.25) is 0 Å². The van der Waals surface area contributed by atoms with Crippen molar-refractivity contribution in [2.24, 2.45) is 0 Å². The molecule has 3 aromatic rings. The van der Waals surface area contributed by atoms with Crippen LogP contribution in [0, 0.1) is 0 Å². The van der Waals surface area contributed by atoms with E-state index in [1.807, 2.05) is 54.6 Å². The lowest BCUT2D eigenvalue weighted by Crippen LogP contribution is -2.11. The molecule has 0 bridgehead atoms. The molecule has 0 aliphatic carbocycles. The van der Waals surface area contributed by atoms with Crippen molar-refractivity contribution < 1.29 is 9.53 Å². The van der Waals surface area contributed by atoms with Crippen LogP contribution in [0.1, 0.15) is 35.7 Å². The first-order valence-corrected chi connectivity index (χ1v) is 8.35. The lowest BCUT2D eigenvalue weighted by Gasteiger charge is -2.13. The Morgan fingerprint density at radius 2 is 1.65 bits per heavy atom. The fourth-order valence-corrected chi connectivity index (χ4v) is 3.25. The van der Waals surface area contributed by atoms with Crippen LogP contribution in [0.4, 0.5) is 0 Å². The van der Waals surface area contributed by atoms with Crippen molar-refractivity contribution >= 4 is 32.7 Å². The zero-order valence-corrected chi connectivity index (χ0v) is 14.6. The van der Waals surface area contributed by atoms with Gasteiger partial charge in [0.15, 0.2) is 0 Å². The third-order valence-electron chi connectivity index (χ3n) is 3.83. The minimum Gasteiger partial charge on any atom is -0.423 e. The van der Waals surface area contributed by atoms with Gasteiger partial charge in [-0.2, -0.15) is 0 Å². The molecule has 116 valence electrons. The van der Waals surface area contributed by atoms with Gasteiger partial charge in [-0.15, -0.1) is 0 Å². The Labute approximate surface area is 144 Å². The first kappa shape index (κ1) is 15.8. The van der Waals surface area contributed by atoms with Gasteiger partial charge in [-0.25, -0.2) is 4.79 Å². The zero-order chi connectivity index (χ0) is 16.4. The van der Waals surface area contributed by atoms with E-state index in [1.54, 1.807) is 6.07 Å². The monoisotopic (exact) mass is 368 g/mol. The standard InChI is InChI=1S/C20H17BrO2/c1-13(2)15-8-5-6-10-18(15)23-20(22)17-12-11-14-7-3-4-9-16(14)19(17)21/h3-13H,1-2H3. The van der Waals surface area contributed by atoms with E-state index in [0.29, 0.717) is 17.2 Å². The SMILES string of the molecule is CC(C)c1ccccc1OC(=O)c1ccc2ccccc2c1Br. The molecule has 0 heterocycles. The van der Waals surface area contributed by atoms with Gasteiger partial charge in [-0.05, 0) is 50.3 Å². The van der Waals surface area contributed by atoms with E-state index in [9.17, 15) is 4.79 Å². The second kappa shape index (κ2) is 6.55. The maximum absolute atomic E-state index is 12.6. The highest BCUT2D eigenvalue weighted by Gasteiger charge is 2.17.